The van der Waals surface area contributed by atoms with Crippen molar-refractivity contribution in [1.82, 2.24) is 10.2 Å². The van der Waals surface area contributed by atoms with Crippen LogP contribution in [0.25, 0.3) is 11.1 Å². The van der Waals surface area contributed by atoms with Crippen molar-refractivity contribution in [1.29, 1.82) is 0 Å². The quantitative estimate of drug-likeness (QED) is 0.111. The average Bonchev–Trinajstić information content (AvgIpc) is 3.20. The Balaban J connectivity index is 0.905. The molecule has 3 aliphatic heterocycles. The Hall–Kier alpha value is -6.16. The first-order valence-electron chi connectivity index (χ1n) is 18.5. The second-order valence-electron chi connectivity index (χ2n) is 13.8. The van der Waals surface area contributed by atoms with Gasteiger partial charge in [-0.15, -0.1) is 0 Å². The van der Waals surface area contributed by atoms with E-state index in [1.807, 2.05) is 54.6 Å². The lowest BCUT2D eigenvalue weighted by atomic mass is 10.0. The second kappa shape index (κ2) is 17.1. The maximum absolute atomic E-state index is 13.6. The van der Waals surface area contributed by atoms with Gasteiger partial charge in [0.25, 0.3) is 5.91 Å². The fraction of sp³-hybridized carbons (Fsp3) is 0.317. The molecule has 0 unspecified atom stereocenters. The zero-order valence-corrected chi connectivity index (χ0v) is 30.9. The fourth-order valence-electron chi connectivity index (χ4n) is 7.19. The van der Waals surface area contributed by atoms with Crippen molar-refractivity contribution >= 4 is 46.6 Å². The molecule has 0 aliphatic carbocycles. The highest BCUT2D eigenvalue weighted by Crippen LogP contribution is 2.42. The number of likely N-dealkylation sites (tertiary alicyclic amines) is 1. The first kappa shape index (κ1) is 38.1. The molecule has 0 aromatic heterocycles. The fourth-order valence-corrected chi connectivity index (χ4v) is 7.19. The van der Waals surface area contributed by atoms with Crippen LogP contribution in [0.3, 0.4) is 0 Å². The van der Waals surface area contributed by atoms with Gasteiger partial charge in [-0.25, -0.2) is 4.79 Å². The van der Waals surface area contributed by atoms with Crippen molar-refractivity contribution in [3.8, 4) is 28.4 Å². The number of anilines is 4. The molecule has 0 bridgehead atoms. The second-order valence-corrected chi connectivity index (χ2v) is 13.8. The van der Waals surface area contributed by atoms with Gasteiger partial charge >= 0.3 is 6.09 Å². The number of carbonyl (C=O) groups is 4. The molecule has 1 fully saturated rings. The number of aliphatic hydroxyl groups excluding tert-OH is 1. The number of hydrogen-bond acceptors (Lipinski definition) is 11. The van der Waals surface area contributed by atoms with Gasteiger partial charge in [0.1, 0.15) is 29.8 Å². The van der Waals surface area contributed by atoms with E-state index in [4.69, 9.17) is 14.2 Å². The molecule has 0 saturated carbocycles. The first-order chi connectivity index (χ1) is 27.2. The van der Waals surface area contributed by atoms with E-state index in [0.29, 0.717) is 66.4 Å². The van der Waals surface area contributed by atoms with Gasteiger partial charge in [-0.05, 0) is 42.7 Å². The summed E-state index contributed by atoms with van der Waals surface area (Å²) in [4.78, 5) is 54.6. The van der Waals surface area contributed by atoms with Crippen molar-refractivity contribution in [2.75, 3.05) is 67.3 Å². The molecular weight excluding hydrogens is 720 g/mol. The van der Waals surface area contributed by atoms with Crippen molar-refractivity contribution in [2.45, 2.75) is 38.0 Å². The zero-order chi connectivity index (χ0) is 39.2. The summed E-state index contributed by atoms with van der Waals surface area (Å²) in [6, 6.07) is 23.8. The molecule has 15 nitrogen and oxygen atoms in total. The van der Waals surface area contributed by atoms with E-state index in [0.717, 1.165) is 11.1 Å². The largest absolute Gasteiger partial charge is 0.506 e. The topological polar surface area (TPSA) is 191 Å². The molecule has 0 spiro atoms. The van der Waals surface area contributed by atoms with Gasteiger partial charge < -0.3 is 50.2 Å². The number of hydrogen-bond donors (Lipinski definition) is 6. The van der Waals surface area contributed by atoms with Crippen LogP contribution in [-0.2, 0) is 25.7 Å². The van der Waals surface area contributed by atoms with E-state index in [1.54, 1.807) is 12.1 Å². The minimum atomic E-state index is -1.04. The zero-order valence-electron chi connectivity index (χ0n) is 30.9. The molecule has 56 heavy (non-hydrogen) atoms. The Labute approximate surface area is 323 Å². The third-order valence-electron chi connectivity index (χ3n) is 10.1. The molecule has 1 saturated heterocycles. The monoisotopic (exact) mass is 764 g/mol. The van der Waals surface area contributed by atoms with Crippen LogP contribution in [0.4, 0.5) is 27.5 Å². The van der Waals surface area contributed by atoms with Crippen molar-refractivity contribution in [3.05, 3.63) is 90.0 Å². The Bertz CT molecular complexity index is 2100. The number of ether oxygens (including phenoxy) is 3. The maximum atomic E-state index is 13.6. The Morgan fingerprint density at radius 2 is 1.75 bits per heavy atom. The van der Waals surface area contributed by atoms with Gasteiger partial charge in [0.05, 0.1) is 30.3 Å². The molecule has 7 rings (SSSR count). The van der Waals surface area contributed by atoms with Crippen LogP contribution in [0.2, 0.25) is 0 Å². The number of phenols is 1. The number of benzene rings is 4. The average molecular weight is 765 g/mol. The van der Waals surface area contributed by atoms with E-state index in [2.05, 4.69) is 26.2 Å². The highest BCUT2D eigenvalue weighted by molar-refractivity contribution is 6.10. The van der Waals surface area contributed by atoms with Crippen LogP contribution >= 0.6 is 0 Å². The van der Waals surface area contributed by atoms with Crippen LogP contribution in [0.1, 0.15) is 36.5 Å². The molecule has 3 heterocycles. The number of nitrogens with one attached hydrogen (secondary N) is 4. The minimum absolute atomic E-state index is 0.0889. The molecule has 6 N–H and O–H groups in total. The number of fused-ring (bicyclic) bond motifs is 2. The molecule has 0 radical (unpaired) electrons. The van der Waals surface area contributed by atoms with Gasteiger partial charge in [0.15, 0.2) is 12.4 Å². The van der Waals surface area contributed by atoms with Gasteiger partial charge in [-0.3, -0.25) is 19.7 Å². The SMILES string of the molecule is COc1cc2c(cc1CNC[C@H](O)c1ccc(O)c3c1OCC(=O)N3)NC(=O)CN2C(=O)CCN1CCC(OC(=O)Nc2ccccc2-c2ccccc2)CC1. The highest BCUT2D eigenvalue weighted by atomic mass is 16.6. The van der Waals surface area contributed by atoms with E-state index < -0.39 is 18.1 Å². The Morgan fingerprint density at radius 1 is 0.982 bits per heavy atom. The van der Waals surface area contributed by atoms with Crippen LogP contribution in [0.5, 0.6) is 17.2 Å². The number of phenolic OH excluding ortho intramolecular Hbond substituents is 1. The highest BCUT2D eigenvalue weighted by Gasteiger charge is 2.30. The van der Waals surface area contributed by atoms with E-state index in [9.17, 15) is 29.4 Å². The molecule has 4 aromatic rings. The predicted octanol–water partition coefficient (Wildman–Crippen LogP) is 4.61. The van der Waals surface area contributed by atoms with Gasteiger partial charge in [0, 0.05) is 61.9 Å². The Morgan fingerprint density at radius 3 is 2.54 bits per heavy atom. The van der Waals surface area contributed by atoms with Crippen LogP contribution in [-0.4, -0.2) is 91.5 Å². The van der Waals surface area contributed by atoms with Gasteiger partial charge in [-0.1, -0.05) is 48.5 Å². The van der Waals surface area contributed by atoms with Crippen molar-refractivity contribution < 1.29 is 43.6 Å². The normalized spacial score (nSPS) is 16.1. The van der Waals surface area contributed by atoms with Crippen molar-refractivity contribution in [2.24, 2.45) is 0 Å². The molecule has 4 aromatic carbocycles. The number of para-hydroxylation sites is 1. The summed E-state index contributed by atoms with van der Waals surface area (Å²) in [5, 5.41) is 32.6. The number of piperidine rings is 1. The summed E-state index contributed by atoms with van der Waals surface area (Å²) >= 11 is 0. The molecule has 292 valence electrons. The number of methoxy groups -OCH3 is 1. The van der Waals surface area contributed by atoms with Crippen LogP contribution < -0.4 is 35.6 Å². The van der Waals surface area contributed by atoms with Gasteiger partial charge in [0.2, 0.25) is 11.8 Å². The third-order valence-corrected chi connectivity index (χ3v) is 10.1. The van der Waals surface area contributed by atoms with E-state index in [-0.39, 0.29) is 67.8 Å². The minimum Gasteiger partial charge on any atom is -0.506 e. The summed E-state index contributed by atoms with van der Waals surface area (Å²) in [6.07, 6.45) is -0.347. The molecule has 1 atom stereocenters. The summed E-state index contributed by atoms with van der Waals surface area (Å²) in [6.45, 7) is 1.77. The number of nitrogens with zero attached hydrogens (tertiary/aromatic N) is 2. The number of aliphatic hydroxyl groups is 1. The van der Waals surface area contributed by atoms with Crippen LogP contribution in [0, 0.1) is 0 Å². The predicted molar refractivity (Wildman–Crippen MR) is 209 cm³/mol. The summed E-state index contributed by atoms with van der Waals surface area (Å²) in [7, 11) is 1.52. The smallest absolute Gasteiger partial charge is 0.411 e. The number of amides is 4. The summed E-state index contributed by atoms with van der Waals surface area (Å²) < 4.78 is 16.9. The lowest BCUT2D eigenvalue weighted by molar-refractivity contribution is -0.122. The lowest BCUT2D eigenvalue weighted by Crippen LogP contribution is -2.44. The van der Waals surface area contributed by atoms with E-state index >= 15 is 0 Å². The summed E-state index contributed by atoms with van der Waals surface area (Å²) in [5.74, 6) is -0.405. The Kier molecular flexibility index (Phi) is 11.6. The number of rotatable bonds is 12. The van der Waals surface area contributed by atoms with Gasteiger partial charge in [-0.2, -0.15) is 0 Å². The first-order valence-corrected chi connectivity index (χ1v) is 18.5. The van der Waals surface area contributed by atoms with Crippen LogP contribution in [0.15, 0.2) is 78.9 Å². The molecular formula is C41H44N6O9. The molecule has 15 heteroatoms. The molecule has 4 amide bonds. The number of carbonyl (C=O) groups excluding carboxylic acids is 4. The van der Waals surface area contributed by atoms with Crippen molar-refractivity contribution in [3.63, 3.8) is 0 Å². The lowest BCUT2D eigenvalue weighted by Gasteiger charge is -2.33. The summed E-state index contributed by atoms with van der Waals surface area (Å²) in [5.41, 5.74) is 4.75. The third kappa shape index (κ3) is 8.70. The maximum Gasteiger partial charge on any atom is 0.411 e. The number of aromatic hydroxyl groups is 1. The standard InChI is InChI=1S/C41H44N6O9/c1-54-35-20-32-31(19-26(35)21-42-22-34(49)29-11-12-33(48)39-40(29)55-24-37(51)45-39)43-36(50)23-47(32)38(52)15-18-46-16-13-27(14-17-46)56-41(53)44-30-10-6-5-9-28(30)25-7-3-2-4-8-25/h2-12,19-20,27,34,42,48-49H,13-18,21-24H2,1H3,(H,43,50)(H,44,53)(H,45,51)/t34-/m0/s1. The molecule has 3 aliphatic rings. The van der Waals surface area contributed by atoms with E-state index in [1.165, 1.54) is 24.1 Å².